The molecule has 4 heteroatoms. The lowest BCUT2D eigenvalue weighted by molar-refractivity contribution is 0.537. The number of fused-ring (bicyclic) bond motifs is 1. The van der Waals surface area contributed by atoms with E-state index in [0.717, 1.165) is 12.3 Å². The van der Waals surface area contributed by atoms with Crippen LogP contribution in [-0.4, -0.2) is 24.7 Å². The summed E-state index contributed by atoms with van der Waals surface area (Å²) in [6, 6.07) is 0. The Morgan fingerprint density at radius 2 is 2.70 bits per heavy atom. The van der Waals surface area contributed by atoms with Crippen LogP contribution >= 0.6 is 11.8 Å². The van der Waals surface area contributed by atoms with Crippen molar-refractivity contribution in [3.63, 3.8) is 0 Å². The van der Waals surface area contributed by atoms with Crippen LogP contribution in [-0.2, 0) is 0 Å². The number of rotatable bonds is 0. The molecule has 10 heavy (non-hydrogen) atoms. The Labute approximate surface area is 64.0 Å². The van der Waals surface area contributed by atoms with Crippen LogP contribution in [0.2, 0.25) is 0 Å². The lowest BCUT2D eigenvalue weighted by Gasteiger charge is -2.09. The van der Waals surface area contributed by atoms with Gasteiger partial charge in [-0.05, 0) is 5.41 Å². The summed E-state index contributed by atoms with van der Waals surface area (Å²) in [5.41, 5.74) is 4.23. The van der Waals surface area contributed by atoms with Crippen molar-refractivity contribution in [2.75, 3.05) is 12.3 Å². The van der Waals surface area contributed by atoms with Gasteiger partial charge in [0, 0.05) is 17.9 Å². The second kappa shape index (κ2) is 2.64. The van der Waals surface area contributed by atoms with Gasteiger partial charge in [0.15, 0.2) is 0 Å². The topological polar surface area (TPSA) is 36.4 Å². The van der Waals surface area contributed by atoms with E-state index in [-0.39, 0.29) is 6.17 Å². The van der Waals surface area contributed by atoms with Gasteiger partial charge >= 0.3 is 0 Å². The molecule has 0 aliphatic carbocycles. The molecule has 0 aromatic rings. The zero-order chi connectivity index (χ0) is 6.81. The minimum atomic E-state index is 0.273. The maximum absolute atomic E-state index is 3.95. The zero-order valence-corrected chi connectivity index (χ0v) is 6.32. The lowest BCUT2D eigenvalue weighted by Crippen LogP contribution is -2.38. The highest BCUT2D eigenvalue weighted by atomic mass is 32.2. The Bertz CT molecular complexity index is 187. The molecule has 0 bridgehead atoms. The van der Waals surface area contributed by atoms with Crippen molar-refractivity contribution in [2.45, 2.75) is 6.17 Å². The Morgan fingerprint density at radius 3 is 3.70 bits per heavy atom. The predicted molar refractivity (Wildman–Crippen MR) is 44.0 cm³/mol. The van der Waals surface area contributed by atoms with Crippen molar-refractivity contribution in [1.82, 2.24) is 10.7 Å². The summed E-state index contributed by atoms with van der Waals surface area (Å²) in [6.07, 6.45) is 2.14. The molecular formula is C6H9N3S. The van der Waals surface area contributed by atoms with Crippen molar-refractivity contribution < 1.29 is 0 Å². The Kier molecular flexibility index (Phi) is 1.65. The number of hydrazone groups is 1. The number of nitrogens with zero attached hydrogens (tertiary/aromatic N) is 1. The monoisotopic (exact) mass is 155 g/mol. The maximum atomic E-state index is 3.95. The highest BCUT2D eigenvalue weighted by Crippen LogP contribution is 2.13. The quantitative estimate of drug-likeness (QED) is 0.522. The van der Waals surface area contributed by atoms with Gasteiger partial charge in [0.2, 0.25) is 0 Å². The summed E-state index contributed by atoms with van der Waals surface area (Å²) in [7, 11) is 0. The van der Waals surface area contributed by atoms with Crippen molar-refractivity contribution in [1.29, 1.82) is 0 Å². The molecule has 2 rings (SSSR count). The lowest BCUT2D eigenvalue weighted by atomic mass is 10.3. The van der Waals surface area contributed by atoms with Crippen LogP contribution in [0.25, 0.3) is 0 Å². The van der Waals surface area contributed by atoms with Gasteiger partial charge in [0.1, 0.15) is 6.17 Å². The summed E-state index contributed by atoms with van der Waals surface area (Å²) >= 11 is 1.84. The van der Waals surface area contributed by atoms with Crippen LogP contribution in [0.4, 0.5) is 0 Å². The van der Waals surface area contributed by atoms with Crippen molar-refractivity contribution in [2.24, 2.45) is 5.10 Å². The van der Waals surface area contributed by atoms with Crippen molar-refractivity contribution >= 4 is 18.0 Å². The van der Waals surface area contributed by atoms with Crippen molar-refractivity contribution in [3.05, 3.63) is 11.0 Å². The van der Waals surface area contributed by atoms with E-state index in [2.05, 4.69) is 21.3 Å². The summed E-state index contributed by atoms with van der Waals surface area (Å²) in [4.78, 5) is 0. The van der Waals surface area contributed by atoms with E-state index in [0.29, 0.717) is 0 Å². The zero-order valence-electron chi connectivity index (χ0n) is 5.50. The largest absolute Gasteiger partial charge is 0.292 e. The first-order valence-corrected chi connectivity index (χ1v) is 4.35. The third-order valence-electron chi connectivity index (χ3n) is 1.54. The molecule has 2 aliphatic heterocycles. The van der Waals surface area contributed by atoms with E-state index < -0.39 is 0 Å². The molecule has 2 N–H and O–H groups in total. The molecule has 0 spiro atoms. The molecule has 54 valence electrons. The van der Waals surface area contributed by atoms with Crippen LogP contribution in [0.15, 0.2) is 16.1 Å². The third kappa shape index (κ3) is 1.04. The average Bonchev–Trinajstić information content (AvgIpc) is 2.28. The molecule has 0 saturated heterocycles. The molecule has 3 nitrogen and oxygen atoms in total. The highest BCUT2D eigenvalue weighted by molar-refractivity contribution is 8.02. The van der Waals surface area contributed by atoms with Gasteiger partial charge in [-0.3, -0.25) is 10.7 Å². The predicted octanol–water partition coefficient (Wildman–Crippen LogP) is 0.122. The summed E-state index contributed by atoms with van der Waals surface area (Å²) in [6.45, 7) is 1.05. The maximum Gasteiger partial charge on any atom is 0.121 e. The normalized spacial score (nSPS) is 30.4. The standard InChI is InChI=1S/C6H9N3S/c1-2-10-4-5-3-8-9-6(5)7-1/h3-4,6-7,9H,1-2H2. The first-order chi connectivity index (χ1) is 4.97. The van der Waals surface area contributed by atoms with Crippen molar-refractivity contribution in [3.8, 4) is 0 Å². The fraction of sp³-hybridized carbons (Fsp3) is 0.500. The average molecular weight is 155 g/mol. The van der Waals surface area contributed by atoms with Crippen LogP contribution < -0.4 is 10.7 Å². The van der Waals surface area contributed by atoms with E-state index in [1.54, 1.807) is 0 Å². The third-order valence-corrected chi connectivity index (χ3v) is 2.42. The summed E-state index contributed by atoms with van der Waals surface area (Å²) < 4.78 is 0. The molecule has 2 heterocycles. The van der Waals surface area contributed by atoms with Crippen LogP contribution in [0, 0.1) is 0 Å². The first-order valence-electron chi connectivity index (χ1n) is 3.30. The Morgan fingerprint density at radius 1 is 1.70 bits per heavy atom. The molecule has 2 aliphatic rings. The molecule has 0 aromatic heterocycles. The van der Waals surface area contributed by atoms with Gasteiger partial charge in [0.05, 0.1) is 6.21 Å². The summed E-state index contributed by atoms with van der Waals surface area (Å²) in [5.74, 6) is 1.15. The molecule has 1 unspecified atom stereocenters. The van der Waals surface area contributed by atoms with Gasteiger partial charge in [-0.15, -0.1) is 11.8 Å². The van der Waals surface area contributed by atoms with E-state index in [4.69, 9.17) is 0 Å². The molecule has 0 aromatic carbocycles. The summed E-state index contributed by atoms with van der Waals surface area (Å²) in [5, 5.41) is 9.43. The molecule has 0 radical (unpaired) electrons. The van der Waals surface area contributed by atoms with E-state index in [9.17, 15) is 0 Å². The highest BCUT2D eigenvalue weighted by Gasteiger charge is 2.17. The minimum absolute atomic E-state index is 0.273. The van der Waals surface area contributed by atoms with Gasteiger partial charge in [-0.2, -0.15) is 5.10 Å². The van der Waals surface area contributed by atoms with Crippen LogP contribution in [0.3, 0.4) is 0 Å². The second-order valence-corrected chi connectivity index (χ2v) is 3.24. The number of thioether (sulfide) groups is 1. The van der Waals surface area contributed by atoms with Gasteiger partial charge in [-0.1, -0.05) is 0 Å². The SMILES string of the molecule is C1=NNC2NCCSC=C12. The smallest absolute Gasteiger partial charge is 0.121 e. The van der Waals surface area contributed by atoms with Crippen LogP contribution in [0.1, 0.15) is 0 Å². The van der Waals surface area contributed by atoms with Gasteiger partial charge in [-0.25, -0.2) is 0 Å². The van der Waals surface area contributed by atoms with Crippen LogP contribution in [0.5, 0.6) is 0 Å². The fourth-order valence-corrected chi connectivity index (χ4v) is 1.76. The molecule has 1 atom stereocenters. The second-order valence-electron chi connectivity index (χ2n) is 2.26. The first kappa shape index (κ1) is 6.24. The van der Waals surface area contributed by atoms with E-state index >= 15 is 0 Å². The number of hydrogen-bond donors (Lipinski definition) is 2. The number of hydrogen-bond acceptors (Lipinski definition) is 4. The Balaban J connectivity index is 2.16. The minimum Gasteiger partial charge on any atom is -0.292 e. The molecule has 0 saturated carbocycles. The molecule has 0 fully saturated rings. The fourth-order valence-electron chi connectivity index (χ4n) is 1.01. The van der Waals surface area contributed by atoms with Gasteiger partial charge in [0.25, 0.3) is 0 Å². The number of nitrogens with one attached hydrogen (secondary N) is 2. The van der Waals surface area contributed by atoms with E-state index in [1.807, 2.05) is 18.0 Å². The molecule has 0 amide bonds. The Hall–Kier alpha value is -0.480. The van der Waals surface area contributed by atoms with Gasteiger partial charge < -0.3 is 0 Å². The molecular weight excluding hydrogens is 146 g/mol. The van der Waals surface area contributed by atoms with E-state index in [1.165, 1.54) is 5.57 Å².